The summed E-state index contributed by atoms with van der Waals surface area (Å²) in [6, 6.07) is 12.3. The monoisotopic (exact) mass is 330 g/mol. The molecular formula is C14H16ClFN2O2S. The zero-order chi connectivity index (χ0) is 14.8. The Balaban J connectivity index is 0.00000220. The van der Waals surface area contributed by atoms with Gasteiger partial charge in [0.1, 0.15) is 5.82 Å². The van der Waals surface area contributed by atoms with Crippen LogP contribution in [0, 0.1) is 5.82 Å². The third-order valence-corrected chi connectivity index (χ3v) is 3.99. The highest BCUT2D eigenvalue weighted by Crippen LogP contribution is 2.16. The van der Waals surface area contributed by atoms with Gasteiger partial charge in [-0.15, -0.1) is 12.4 Å². The summed E-state index contributed by atoms with van der Waals surface area (Å²) in [6.07, 6.45) is 1.16. The number of nitrogens with zero attached hydrogens (tertiary/aromatic N) is 1. The quantitative estimate of drug-likeness (QED) is 0.691. The van der Waals surface area contributed by atoms with E-state index in [1.165, 1.54) is 17.1 Å². The molecule has 0 aliphatic heterocycles. The molecule has 0 amide bonds. The molecule has 114 valence electrons. The Labute approximate surface area is 129 Å². The Morgan fingerprint density at radius 1 is 1.05 bits per heavy atom. The number of benzene rings is 2. The second-order valence-electron chi connectivity index (χ2n) is 4.52. The van der Waals surface area contributed by atoms with E-state index in [-0.39, 0.29) is 23.1 Å². The molecule has 0 aromatic heterocycles. The van der Waals surface area contributed by atoms with Crippen molar-refractivity contribution in [2.45, 2.75) is 11.4 Å². The maximum absolute atomic E-state index is 12.8. The highest BCUT2D eigenvalue weighted by Gasteiger charge is 2.07. The van der Waals surface area contributed by atoms with Crippen LogP contribution in [0.1, 0.15) is 5.56 Å². The molecule has 7 heteroatoms. The zero-order valence-electron chi connectivity index (χ0n) is 11.4. The first kappa shape index (κ1) is 17.4. The molecule has 2 rings (SSSR count). The van der Waals surface area contributed by atoms with Crippen LogP contribution < -0.4 is 10.9 Å². The van der Waals surface area contributed by atoms with E-state index in [1.807, 2.05) is 0 Å². The number of hydrogen-bond donors (Lipinski definition) is 1. The smallest absolute Gasteiger partial charge is 0.175 e. The summed E-state index contributed by atoms with van der Waals surface area (Å²) in [5.41, 5.74) is 1.54. The molecule has 0 fully saturated rings. The largest absolute Gasteiger partial charge is 0.307 e. The molecule has 0 aliphatic rings. The summed E-state index contributed by atoms with van der Waals surface area (Å²) >= 11 is 0. The number of halogens is 2. The molecule has 0 saturated heterocycles. The van der Waals surface area contributed by atoms with Gasteiger partial charge >= 0.3 is 0 Å². The molecular weight excluding hydrogens is 315 g/mol. The lowest BCUT2D eigenvalue weighted by Gasteiger charge is -2.18. The molecule has 2 N–H and O–H groups in total. The van der Waals surface area contributed by atoms with Gasteiger partial charge in [-0.3, -0.25) is 0 Å². The number of sulfone groups is 1. The van der Waals surface area contributed by atoms with E-state index in [0.29, 0.717) is 12.2 Å². The Kier molecular flexibility index (Phi) is 5.71. The SMILES string of the molecule is CS(=O)(=O)c1ccc(CN(N)c2ccc(F)cc2)cc1.Cl. The number of rotatable bonds is 4. The van der Waals surface area contributed by atoms with Gasteiger partial charge < -0.3 is 5.01 Å². The van der Waals surface area contributed by atoms with E-state index in [2.05, 4.69) is 0 Å². The fourth-order valence-corrected chi connectivity index (χ4v) is 2.39. The van der Waals surface area contributed by atoms with Crippen molar-refractivity contribution in [2.75, 3.05) is 11.3 Å². The van der Waals surface area contributed by atoms with Crippen LogP contribution in [-0.4, -0.2) is 14.7 Å². The molecule has 0 spiro atoms. The van der Waals surface area contributed by atoms with Crippen LogP contribution in [0.15, 0.2) is 53.4 Å². The van der Waals surface area contributed by atoms with Gasteiger partial charge in [0.25, 0.3) is 0 Å². The molecule has 0 bridgehead atoms. The molecule has 4 nitrogen and oxygen atoms in total. The van der Waals surface area contributed by atoms with Crippen molar-refractivity contribution in [3.63, 3.8) is 0 Å². The summed E-state index contributed by atoms with van der Waals surface area (Å²) in [7, 11) is -3.19. The zero-order valence-corrected chi connectivity index (χ0v) is 13.0. The van der Waals surface area contributed by atoms with Gasteiger partial charge in [0.2, 0.25) is 0 Å². The molecule has 2 aromatic rings. The van der Waals surface area contributed by atoms with Crippen LogP contribution >= 0.6 is 12.4 Å². The third-order valence-electron chi connectivity index (χ3n) is 2.86. The predicted octanol–water partition coefficient (Wildman–Crippen LogP) is 2.53. The fraction of sp³-hybridized carbons (Fsp3) is 0.143. The van der Waals surface area contributed by atoms with E-state index >= 15 is 0 Å². The second-order valence-corrected chi connectivity index (χ2v) is 6.54. The molecule has 21 heavy (non-hydrogen) atoms. The fourth-order valence-electron chi connectivity index (χ4n) is 1.76. The first-order chi connectivity index (χ1) is 9.36. The van der Waals surface area contributed by atoms with Gasteiger partial charge in [-0.2, -0.15) is 0 Å². The molecule has 0 atom stereocenters. The average Bonchev–Trinajstić information content (AvgIpc) is 2.39. The molecule has 0 heterocycles. The van der Waals surface area contributed by atoms with Crippen LogP contribution in [0.25, 0.3) is 0 Å². The van der Waals surface area contributed by atoms with E-state index in [0.717, 1.165) is 11.8 Å². The van der Waals surface area contributed by atoms with Crippen LogP contribution in [-0.2, 0) is 16.4 Å². The van der Waals surface area contributed by atoms with Crippen LogP contribution in [0.3, 0.4) is 0 Å². The summed E-state index contributed by atoms with van der Waals surface area (Å²) in [5, 5.41) is 1.47. The maximum atomic E-state index is 12.8. The van der Waals surface area contributed by atoms with E-state index in [4.69, 9.17) is 5.84 Å². The molecule has 0 aliphatic carbocycles. The van der Waals surface area contributed by atoms with Gasteiger partial charge in [0, 0.05) is 6.26 Å². The predicted molar refractivity (Wildman–Crippen MR) is 83.6 cm³/mol. The van der Waals surface area contributed by atoms with Crippen molar-refractivity contribution in [3.8, 4) is 0 Å². The lowest BCUT2D eigenvalue weighted by atomic mass is 10.2. The first-order valence-electron chi connectivity index (χ1n) is 5.93. The summed E-state index contributed by atoms with van der Waals surface area (Å²) in [5.74, 6) is 5.57. The Morgan fingerprint density at radius 3 is 2.05 bits per heavy atom. The van der Waals surface area contributed by atoms with Crippen molar-refractivity contribution >= 4 is 27.9 Å². The maximum Gasteiger partial charge on any atom is 0.175 e. The van der Waals surface area contributed by atoms with Gasteiger partial charge in [0.05, 0.1) is 17.1 Å². The molecule has 2 aromatic carbocycles. The number of nitrogens with two attached hydrogens (primary N) is 1. The van der Waals surface area contributed by atoms with Crippen LogP contribution in [0.5, 0.6) is 0 Å². The molecule has 0 saturated carbocycles. The van der Waals surface area contributed by atoms with Crippen molar-refractivity contribution < 1.29 is 12.8 Å². The van der Waals surface area contributed by atoms with Gasteiger partial charge in [-0.05, 0) is 42.0 Å². The van der Waals surface area contributed by atoms with Crippen molar-refractivity contribution in [1.29, 1.82) is 0 Å². The average molecular weight is 331 g/mol. The number of anilines is 1. The second kappa shape index (κ2) is 6.89. The van der Waals surface area contributed by atoms with E-state index in [9.17, 15) is 12.8 Å². The first-order valence-corrected chi connectivity index (χ1v) is 7.82. The highest BCUT2D eigenvalue weighted by atomic mass is 35.5. The van der Waals surface area contributed by atoms with Gasteiger partial charge in [-0.1, -0.05) is 12.1 Å². The van der Waals surface area contributed by atoms with E-state index in [1.54, 1.807) is 36.4 Å². The summed E-state index contributed by atoms with van der Waals surface area (Å²) < 4.78 is 35.5. The minimum atomic E-state index is -3.19. The minimum absolute atomic E-state index is 0. The van der Waals surface area contributed by atoms with E-state index < -0.39 is 9.84 Å². The Morgan fingerprint density at radius 2 is 1.57 bits per heavy atom. The lowest BCUT2D eigenvalue weighted by Crippen LogP contribution is -2.29. The standard InChI is InChI=1S/C14H15FN2O2S.ClH/c1-20(18,19)14-8-2-11(3-9-14)10-17(16)13-6-4-12(15)5-7-13;/h2-9H,10,16H2,1H3;1H. The lowest BCUT2D eigenvalue weighted by molar-refractivity contribution is 0.602. The van der Waals surface area contributed by atoms with Gasteiger partial charge in [-0.25, -0.2) is 18.7 Å². The van der Waals surface area contributed by atoms with Crippen molar-refractivity contribution in [3.05, 3.63) is 59.9 Å². The van der Waals surface area contributed by atoms with Crippen molar-refractivity contribution in [2.24, 2.45) is 5.84 Å². The Hall–Kier alpha value is -1.63. The number of hydrogen-bond acceptors (Lipinski definition) is 4. The minimum Gasteiger partial charge on any atom is -0.307 e. The molecule has 0 unspecified atom stereocenters. The van der Waals surface area contributed by atoms with Crippen molar-refractivity contribution in [1.82, 2.24) is 0 Å². The summed E-state index contributed by atoms with van der Waals surface area (Å²) in [4.78, 5) is 0.270. The number of hydrazine groups is 1. The third kappa shape index (κ3) is 4.70. The highest BCUT2D eigenvalue weighted by molar-refractivity contribution is 7.90. The summed E-state index contributed by atoms with van der Waals surface area (Å²) in [6.45, 7) is 0.398. The van der Waals surface area contributed by atoms with Crippen LogP contribution in [0.4, 0.5) is 10.1 Å². The normalized spacial score (nSPS) is 10.8. The topological polar surface area (TPSA) is 63.4 Å². The molecule has 0 radical (unpaired) electrons. The Bertz CT molecular complexity index is 688. The van der Waals surface area contributed by atoms with Crippen LogP contribution in [0.2, 0.25) is 0 Å². The van der Waals surface area contributed by atoms with Gasteiger partial charge in [0.15, 0.2) is 9.84 Å².